The van der Waals surface area contributed by atoms with E-state index in [4.69, 9.17) is 4.74 Å². The van der Waals surface area contributed by atoms with Crippen molar-refractivity contribution in [1.82, 2.24) is 9.97 Å². The monoisotopic (exact) mass is 347 g/mol. The van der Waals surface area contributed by atoms with E-state index in [0.717, 1.165) is 47.2 Å². The van der Waals surface area contributed by atoms with Crippen LogP contribution in [0.1, 0.15) is 24.3 Å². The van der Waals surface area contributed by atoms with E-state index in [1.54, 1.807) is 6.20 Å². The van der Waals surface area contributed by atoms with Gasteiger partial charge in [0.1, 0.15) is 5.69 Å². The second-order valence-corrected chi connectivity index (χ2v) is 6.76. The van der Waals surface area contributed by atoms with Crippen molar-refractivity contribution in [3.63, 3.8) is 0 Å². The van der Waals surface area contributed by atoms with Crippen LogP contribution in [-0.2, 0) is 4.74 Å². The van der Waals surface area contributed by atoms with Crippen LogP contribution in [0.2, 0.25) is 0 Å². The van der Waals surface area contributed by atoms with E-state index in [-0.39, 0.29) is 12.2 Å². The van der Waals surface area contributed by atoms with E-state index in [1.165, 1.54) is 0 Å². The summed E-state index contributed by atoms with van der Waals surface area (Å²) in [6.07, 6.45) is 2.86. The zero-order valence-corrected chi connectivity index (χ0v) is 14.9. The number of nitrogens with zero attached hydrogens (tertiary/aromatic N) is 3. The number of anilines is 1. The molecular weight excluding hydrogens is 326 g/mol. The number of para-hydroxylation sites is 1. The predicted molar refractivity (Wildman–Crippen MR) is 103 cm³/mol. The Labute approximate surface area is 152 Å². The highest BCUT2D eigenvalue weighted by molar-refractivity contribution is 5.93. The molecule has 1 aliphatic heterocycles. The van der Waals surface area contributed by atoms with Crippen LogP contribution >= 0.6 is 0 Å². The molecule has 26 heavy (non-hydrogen) atoms. The summed E-state index contributed by atoms with van der Waals surface area (Å²) in [7, 11) is 0. The van der Waals surface area contributed by atoms with Crippen molar-refractivity contribution >= 4 is 22.9 Å². The Bertz CT molecular complexity index is 942. The fourth-order valence-corrected chi connectivity index (χ4v) is 3.66. The molecular formula is C21H21N3O2. The normalized spacial score (nSPS) is 20.3. The van der Waals surface area contributed by atoms with E-state index in [2.05, 4.69) is 14.9 Å². The third-order valence-electron chi connectivity index (χ3n) is 4.68. The number of carbonyl (C=O) groups is 1. The molecule has 2 atom stereocenters. The van der Waals surface area contributed by atoms with Gasteiger partial charge in [0.25, 0.3) is 0 Å². The van der Waals surface area contributed by atoms with Gasteiger partial charge < -0.3 is 9.64 Å². The van der Waals surface area contributed by atoms with Gasteiger partial charge >= 0.3 is 0 Å². The van der Waals surface area contributed by atoms with Gasteiger partial charge in [-0.15, -0.1) is 0 Å². The number of morpholine rings is 1. The number of rotatable bonds is 3. The second-order valence-electron chi connectivity index (χ2n) is 6.76. The van der Waals surface area contributed by atoms with Gasteiger partial charge in [0.15, 0.2) is 6.29 Å². The molecule has 1 aliphatic rings. The summed E-state index contributed by atoms with van der Waals surface area (Å²) in [5.41, 5.74) is 3.90. The Morgan fingerprint density at radius 2 is 1.85 bits per heavy atom. The molecule has 2 aromatic heterocycles. The van der Waals surface area contributed by atoms with Crippen molar-refractivity contribution < 1.29 is 9.53 Å². The molecule has 0 spiro atoms. The van der Waals surface area contributed by atoms with Crippen LogP contribution < -0.4 is 4.90 Å². The third kappa shape index (κ3) is 3.06. The van der Waals surface area contributed by atoms with Crippen molar-refractivity contribution in [1.29, 1.82) is 0 Å². The maximum atomic E-state index is 11.7. The lowest BCUT2D eigenvalue weighted by Gasteiger charge is -2.37. The van der Waals surface area contributed by atoms with Gasteiger partial charge in [-0.3, -0.25) is 9.78 Å². The molecule has 1 saturated heterocycles. The van der Waals surface area contributed by atoms with Crippen molar-refractivity contribution in [2.75, 3.05) is 18.0 Å². The van der Waals surface area contributed by atoms with Crippen molar-refractivity contribution in [3.8, 4) is 11.3 Å². The van der Waals surface area contributed by atoms with Crippen LogP contribution in [0.15, 0.2) is 48.7 Å². The number of hydrogen-bond acceptors (Lipinski definition) is 5. The van der Waals surface area contributed by atoms with Crippen LogP contribution in [-0.4, -0.2) is 41.6 Å². The summed E-state index contributed by atoms with van der Waals surface area (Å²) < 4.78 is 5.79. The molecule has 3 aromatic rings. The largest absolute Gasteiger partial charge is 0.372 e. The van der Waals surface area contributed by atoms with Gasteiger partial charge in [-0.05, 0) is 32.0 Å². The van der Waals surface area contributed by atoms with Gasteiger partial charge in [0.2, 0.25) is 0 Å². The van der Waals surface area contributed by atoms with E-state index in [0.29, 0.717) is 5.69 Å². The van der Waals surface area contributed by atoms with Gasteiger partial charge in [-0.25, -0.2) is 4.98 Å². The smallest absolute Gasteiger partial charge is 0.170 e. The quantitative estimate of drug-likeness (QED) is 0.676. The number of ether oxygens (including phenoxy) is 1. The summed E-state index contributed by atoms with van der Waals surface area (Å²) in [4.78, 5) is 23.1. The summed E-state index contributed by atoms with van der Waals surface area (Å²) in [6.45, 7) is 5.60. The number of pyridine rings is 2. The summed E-state index contributed by atoms with van der Waals surface area (Å²) in [5, 5.41) is 1.05. The average molecular weight is 347 g/mol. The summed E-state index contributed by atoms with van der Waals surface area (Å²) in [6, 6.07) is 13.9. The fraction of sp³-hybridized carbons (Fsp3) is 0.286. The lowest BCUT2D eigenvalue weighted by Crippen LogP contribution is -2.45. The summed E-state index contributed by atoms with van der Waals surface area (Å²) >= 11 is 0. The van der Waals surface area contributed by atoms with Crippen molar-refractivity contribution in [2.24, 2.45) is 0 Å². The molecule has 5 nitrogen and oxygen atoms in total. The minimum absolute atomic E-state index is 0.125. The number of benzene rings is 1. The first-order valence-electron chi connectivity index (χ1n) is 8.86. The maximum Gasteiger partial charge on any atom is 0.170 e. The van der Waals surface area contributed by atoms with Gasteiger partial charge in [-0.2, -0.15) is 0 Å². The molecule has 132 valence electrons. The van der Waals surface area contributed by atoms with Crippen molar-refractivity contribution in [3.05, 3.63) is 54.4 Å². The van der Waals surface area contributed by atoms with E-state index >= 15 is 0 Å². The first-order chi connectivity index (χ1) is 12.7. The molecule has 0 bridgehead atoms. The Morgan fingerprint density at radius 3 is 2.62 bits per heavy atom. The highest BCUT2D eigenvalue weighted by Gasteiger charge is 2.24. The minimum atomic E-state index is 0.125. The molecule has 4 rings (SSSR count). The fourth-order valence-electron chi connectivity index (χ4n) is 3.66. The van der Waals surface area contributed by atoms with E-state index in [1.807, 2.05) is 56.3 Å². The zero-order chi connectivity index (χ0) is 18.1. The lowest BCUT2D eigenvalue weighted by molar-refractivity contribution is -0.00527. The number of aromatic nitrogens is 2. The minimum Gasteiger partial charge on any atom is -0.372 e. The van der Waals surface area contributed by atoms with Gasteiger partial charge in [-0.1, -0.05) is 24.3 Å². The molecule has 0 saturated carbocycles. The van der Waals surface area contributed by atoms with E-state index in [9.17, 15) is 4.79 Å². The first kappa shape index (κ1) is 16.7. The molecule has 3 heterocycles. The van der Waals surface area contributed by atoms with Crippen LogP contribution in [0.25, 0.3) is 22.2 Å². The molecule has 0 aliphatic carbocycles. The Morgan fingerprint density at radius 1 is 1.08 bits per heavy atom. The number of aldehydes is 1. The molecule has 5 heteroatoms. The SMILES string of the molecule is CC1CN(c2ccc(-c3cccc4cccnc34)nc2C=O)CC(C)O1. The Balaban J connectivity index is 1.77. The van der Waals surface area contributed by atoms with Crippen LogP contribution in [0.5, 0.6) is 0 Å². The number of hydrogen-bond donors (Lipinski definition) is 0. The van der Waals surface area contributed by atoms with Crippen LogP contribution in [0, 0.1) is 0 Å². The second kappa shape index (κ2) is 6.84. The van der Waals surface area contributed by atoms with Crippen molar-refractivity contribution in [2.45, 2.75) is 26.1 Å². The Kier molecular flexibility index (Phi) is 4.39. The zero-order valence-electron chi connectivity index (χ0n) is 14.9. The topological polar surface area (TPSA) is 55.3 Å². The van der Waals surface area contributed by atoms with Crippen LogP contribution in [0.3, 0.4) is 0 Å². The molecule has 1 aromatic carbocycles. The molecule has 0 radical (unpaired) electrons. The molecule has 0 amide bonds. The van der Waals surface area contributed by atoms with Gasteiger partial charge in [0.05, 0.1) is 29.1 Å². The predicted octanol–water partition coefficient (Wildman–Crippen LogP) is 3.72. The van der Waals surface area contributed by atoms with E-state index < -0.39 is 0 Å². The van der Waals surface area contributed by atoms with Crippen LogP contribution in [0.4, 0.5) is 5.69 Å². The summed E-state index contributed by atoms with van der Waals surface area (Å²) in [5.74, 6) is 0. The lowest BCUT2D eigenvalue weighted by atomic mass is 10.1. The standard InChI is InChI=1S/C21H21N3O2/c1-14-11-24(12-15(2)26-14)20-9-8-18(23-19(20)13-25)17-7-3-5-16-6-4-10-22-21(16)17/h3-10,13-15H,11-12H2,1-2H3. The molecule has 1 fully saturated rings. The third-order valence-corrected chi connectivity index (χ3v) is 4.68. The maximum absolute atomic E-state index is 11.7. The van der Waals surface area contributed by atoms with Gasteiger partial charge in [0, 0.05) is 30.2 Å². The number of fused-ring (bicyclic) bond motifs is 1. The first-order valence-corrected chi connectivity index (χ1v) is 8.86. The molecule has 0 N–H and O–H groups in total. The number of carbonyl (C=O) groups excluding carboxylic acids is 1. The average Bonchev–Trinajstić information content (AvgIpc) is 2.66. The highest BCUT2D eigenvalue weighted by atomic mass is 16.5. The Hall–Kier alpha value is -2.79. The highest BCUT2D eigenvalue weighted by Crippen LogP contribution is 2.29. The molecule has 2 unspecified atom stereocenters.